The van der Waals surface area contributed by atoms with Gasteiger partial charge in [0.05, 0.1) is 19.9 Å². The van der Waals surface area contributed by atoms with Crippen LogP contribution in [0.2, 0.25) is 0 Å². The first-order valence-electron chi connectivity index (χ1n) is 6.59. The molecule has 116 valence electrons. The van der Waals surface area contributed by atoms with E-state index in [1.54, 1.807) is 25.1 Å². The molecule has 0 unspecified atom stereocenters. The Morgan fingerprint density at radius 1 is 1.18 bits per heavy atom. The Kier molecular flexibility index (Phi) is 4.21. The minimum absolute atomic E-state index is 0.247. The van der Waals surface area contributed by atoms with Crippen LogP contribution < -0.4 is 15.0 Å². The highest BCUT2D eigenvalue weighted by atomic mass is 16.5. The molecule has 2 rings (SSSR count). The number of nitrogens with zero attached hydrogens (tertiary/aromatic N) is 1. The predicted molar refractivity (Wildman–Crippen MR) is 81.5 cm³/mol. The second kappa shape index (κ2) is 5.93. The van der Waals surface area contributed by atoms with Gasteiger partial charge >= 0.3 is 0 Å². The maximum atomic E-state index is 12.6. The van der Waals surface area contributed by atoms with E-state index in [2.05, 4.69) is 0 Å². The lowest BCUT2D eigenvalue weighted by Crippen LogP contribution is -2.26. The van der Waals surface area contributed by atoms with Crippen molar-refractivity contribution in [3.63, 3.8) is 0 Å². The van der Waals surface area contributed by atoms with Crippen LogP contribution in [0.4, 0.5) is 0 Å². The summed E-state index contributed by atoms with van der Waals surface area (Å²) in [6.07, 6.45) is 0. The molecule has 2 aromatic rings. The summed E-state index contributed by atoms with van der Waals surface area (Å²) in [4.78, 5) is 24.2. The van der Waals surface area contributed by atoms with Gasteiger partial charge in [-0.1, -0.05) is 0 Å². The van der Waals surface area contributed by atoms with Gasteiger partial charge in [-0.25, -0.2) is 0 Å². The van der Waals surface area contributed by atoms with Gasteiger partial charge in [0.1, 0.15) is 22.8 Å². The summed E-state index contributed by atoms with van der Waals surface area (Å²) in [5.41, 5.74) is 0.112. The summed E-state index contributed by atoms with van der Waals surface area (Å²) in [5, 5.41) is 9.84. The highest BCUT2D eigenvalue weighted by Gasteiger charge is 2.19. The summed E-state index contributed by atoms with van der Waals surface area (Å²) < 4.78 is 11.8. The molecule has 0 saturated heterocycles. The van der Waals surface area contributed by atoms with Crippen molar-refractivity contribution >= 4 is 5.78 Å². The minimum Gasteiger partial charge on any atom is -0.507 e. The largest absolute Gasteiger partial charge is 0.507 e. The molecule has 0 radical (unpaired) electrons. The van der Waals surface area contributed by atoms with Crippen LogP contribution in [0.15, 0.2) is 29.1 Å². The Balaban J connectivity index is 2.81. The lowest BCUT2D eigenvalue weighted by Gasteiger charge is -2.16. The van der Waals surface area contributed by atoms with Crippen LogP contribution in [0.3, 0.4) is 0 Å². The first-order valence-corrected chi connectivity index (χ1v) is 6.59. The Morgan fingerprint density at radius 2 is 1.86 bits per heavy atom. The zero-order chi connectivity index (χ0) is 16.4. The summed E-state index contributed by atoms with van der Waals surface area (Å²) in [5.74, 6) is 0.184. The topological polar surface area (TPSA) is 77.8 Å². The molecule has 22 heavy (non-hydrogen) atoms. The number of aryl methyl sites for hydroxylation is 1. The van der Waals surface area contributed by atoms with Gasteiger partial charge in [0.25, 0.3) is 5.56 Å². The molecule has 0 amide bonds. The first-order chi connectivity index (χ1) is 10.4. The second-order valence-corrected chi connectivity index (χ2v) is 4.78. The lowest BCUT2D eigenvalue weighted by atomic mass is 10.1. The third-order valence-electron chi connectivity index (χ3n) is 3.35. The molecule has 0 aliphatic carbocycles. The average molecular weight is 303 g/mol. The van der Waals surface area contributed by atoms with Crippen molar-refractivity contribution in [3.8, 4) is 22.9 Å². The first kappa shape index (κ1) is 15.6. The summed E-state index contributed by atoms with van der Waals surface area (Å²) in [6, 6.07) is 6.36. The van der Waals surface area contributed by atoms with Crippen LogP contribution in [-0.4, -0.2) is 29.7 Å². The molecule has 0 spiro atoms. The van der Waals surface area contributed by atoms with Crippen LogP contribution in [-0.2, 0) is 0 Å². The third kappa shape index (κ3) is 2.55. The number of rotatable bonds is 4. The highest BCUT2D eigenvalue weighted by Crippen LogP contribution is 2.29. The number of hydrogen-bond acceptors (Lipinski definition) is 5. The number of hydrogen-bond donors (Lipinski definition) is 1. The van der Waals surface area contributed by atoms with Crippen molar-refractivity contribution in [2.24, 2.45) is 0 Å². The summed E-state index contributed by atoms with van der Waals surface area (Å²) >= 11 is 0. The van der Waals surface area contributed by atoms with Gasteiger partial charge in [-0.05, 0) is 26.0 Å². The Labute approximate surface area is 127 Å². The van der Waals surface area contributed by atoms with E-state index in [1.807, 2.05) is 0 Å². The SMILES string of the molecule is COc1ccc(-n2c(C)cc(O)c(C(C)=O)c2=O)c(OC)c1. The van der Waals surface area contributed by atoms with Crippen molar-refractivity contribution in [1.82, 2.24) is 4.57 Å². The molecule has 1 heterocycles. The number of carbonyl (C=O) groups is 1. The van der Waals surface area contributed by atoms with Crippen LogP contribution >= 0.6 is 0 Å². The Hall–Kier alpha value is -2.76. The Morgan fingerprint density at radius 3 is 2.41 bits per heavy atom. The van der Waals surface area contributed by atoms with E-state index < -0.39 is 11.3 Å². The molecule has 0 bridgehead atoms. The molecule has 6 heteroatoms. The van der Waals surface area contributed by atoms with Crippen LogP contribution in [0.5, 0.6) is 17.2 Å². The van der Waals surface area contributed by atoms with E-state index in [0.717, 1.165) is 0 Å². The zero-order valence-electron chi connectivity index (χ0n) is 12.8. The molecule has 0 aliphatic rings. The van der Waals surface area contributed by atoms with Gasteiger partial charge in [0.15, 0.2) is 5.78 Å². The van der Waals surface area contributed by atoms with E-state index in [1.165, 1.54) is 31.8 Å². The smallest absolute Gasteiger partial charge is 0.270 e. The molecule has 1 aromatic heterocycles. The van der Waals surface area contributed by atoms with Gasteiger partial charge in [0.2, 0.25) is 0 Å². The zero-order valence-corrected chi connectivity index (χ0v) is 12.8. The molecule has 6 nitrogen and oxygen atoms in total. The average Bonchev–Trinajstić information content (AvgIpc) is 2.46. The van der Waals surface area contributed by atoms with Crippen molar-refractivity contribution in [2.75, 3.05) is 14.2 Å². The molecule has 0 saturated carbocycles. The molecule has 0 aliphatic heterocycles. The molecular weight excluding hydrogens is 286 g/mol. The highest BCUT2D eigenvalue weighted by molar-refractivity contribution is 5.96. The Bertz CT molecular complexity index is 792. The number of aromatic hydroxyl groups is 1. The fourth-order valence-electron chi connectivity index (χ4n) is 2.32. The van der Waals surface area contributed by atoms with Crippen molar-refractivity contribution in [3.05, 3.63) is 45.9 Å². The number of Topliss-reactive ketones (excluding diaryl/α,β-unsaturated/α-hetero) is 1. The molecule has 1 aromatic carbocycles. The number of benzene rings is 1. The molecule has 0 atom stereocenters. The fourth-order valence-corrected chi connectivity index (χ4v) is 2.32. The van der Waals surface area contributed by atoms with Gasteiger partial charge in [0, 0.05) is 17.8 Å². The minimum atomic E-state index is -0.589. The predicted octanol–water partition coefficient (Wildman–Crippen LogP) is 2.07. The van der Waals surface area contributed by atoms with Crippen molar-refractivity contribution in [1.29, 1.82) is 0 Å². The van der Waals surface area contributed by atoms with Crippen molar-refractivity contribution in [2.45, 2.75) is 13.8 Å². The summed E-state index contributed by atoms with van der Waals surface area (Å²) in [7, 11) is 3.01. The van der Waals surface area contributed by atoms with E-state index in [4.69, 9.17) is 9.47 Å². The number of pyridine rings is 1. The van der Waals surface area contributed by atoms with Crippen LogP contribution in [0.25, 0.3) is 5.69 Å². The van der Waals surface area contributed by atoms with Gasteiger partial charge in [-0.3, -0.25) is 14.2 Å². The second-order valence-electron chi connectivity index (χ2n) is 4.78. The normalized spacial score (nSPS) is 10.4. The number of methoxy groups -OCH3 is 2. The lowest BCUT2D eigenvalue weighted by molar-refractivity contribution is 0.101. The quantitative estimate of drug-likeness (QED) is 0.875. The molecule has 0 fully saturated rings. The molecular formula is C16H17NO5. The maximum Gasteiger partial charge on any atom is 0.270 e. The van der Waals surface area contributed by atoms with E-state index in [9.17, 15) is 14.7 Å². The third-order valence-corrected chi connectivity index (χ3v) is 3.35. The number of ether oxygens (including phenoxy) is 2. The number of ketones is 1. The van der Waals surface area contributed by atoms with Crippen LogP contribution in [0.1, 0.15) is 23.0 Å². The summed E-state index contributed by atoms with van der Waals surface area (Å²) in [6.45, 7) is 2.90. The van der Waals surface area contributed by atoms with Crippen LogP contribution in [0, 0.1) is 6.92 Å². The van der Waals surface area contributed by atoms with E-state index in [0.29, 0.717) is 22.9 Å². The number of carbonyl (C=O) groups excluding carboxylic acids is 1. The van der Waals surface area contributed by atoms with Gasteiger partial charge < -0.3 is 14.6 Å². The standard InChI is InChI=1S/C16H17NO5/c1-9-7-13(19)15(10(2)18)16(20)17(9)12-6-5-11(21-3)8-14(12)22-4/h5-8,19H,1-4H3. The number of aromatic nitrogens is 1. The maximum absolute atomic E-state index is 12.6. The van der Waals surface area contributed by atoms with Crippen molar-refractivity contribution < 1.29 is 19.4 Å². The fraction of sp³-hybridized carbons (Fsp3) is 0.250. The van der Waals surface area contributed by atoms with Gasteiger partial charge in [-0.2, -0.15) is 0 Å². The molecule has 1 N–H and O–H groups in total. The monoisotopic (exact) mass is 303 g/mol. The van der Waals surface area contributed by atoms with Gasteiger partial charge in [-0.15, -0.1) is 0 Å². The van der Waals surface area contributed by atoms with E-state index >= 15 is 0 Å². The van der Waals surface area contributed by atoms with E-state index in [-0.39, 0.29) is 11.3 Å².